The molecule has 1 aromatic heterocycles. The summed E-state index contributed by atoms with van der Waals surface area (Å²) in [5.74, 6) is 2.71. The van der Waals surface area contributed by atoms with Crippen molar-refractivity contribution in [1.82, 2.24) is 15.5 Å². The van der Waals surface area contributed by atoms with Crippen LogP contribution in [-0.4, -0.2) is 29.3 Å². The Morgan fingerprint density at radius 1 is 1.29 bits per heavy atom. The SMILES string of the molecule is CC(C)C(NC(=O)Cc1cc(Cl)c2c(c1)OCCCO2)c1nc(C2CC2)no1. The number of rotatable bonds is 6. The molecule has 1 atom stereocenters. The van der Waals surface area contributed by atoms with Crippen LogP contribution in [0.2, 0.25) is 5.02 Å². The lowest BCUT2D eigenvalue weighted by Gasteiger charge is -2.19. The van der Waals surface area contributed by atoms with Crippen LogP contribution in [0.4, 0.5) is 0 Å². The van der Waals surface area contributed by atoms with E-state index in [9.17, 15) is 4.79 Å². The van der Waals surface area contributed by atoms with E-state index in [4.69, 9.17) is 25.6 Å². The highest BCUT2D eigenvalue weighted by atomic mass is 35.5. The molecule has 1 aromatic carbocycles. The largest absolute Gasteiger partial charge is 0.489 e. The van der Waals surface area contributed by atoms with Crippen LogP contribution >= 0.6 is 11.6 Å². The highest BCUT2D eigenvalue weighted by Gasteiger charge is 2.31. The van der Waals surface area contributed by atoms with Crippen molar-refractivity contribution in [2.75, 3.05) is 13.2 Å². The lowest BCUT2D eigenvalue weighted by Crippen LogP contribution is -2.33. The predicted molar refractivity (Wildman–Crippen MR) is 103 cm³/mol. The van der Waals surface area contributed by atoms with E-state index in [-0.39, 0.29) is 24.3 Å². The fourth-order valence-corrected chi connectivity index (χ4v) is 3.48. The predicted octanol–water partition coefficient (Wildman–Crippen LogP) is 3.82. The van der Waals surface area contributed by atoms with Gasteiger partial charge >= 0.3 is 0 Å². The minimum absolute atomic E-state index is 0.115. The molecular weight excluding hydrogens is 382 g/mol. The Labute approximate surface area is 168 Å². The minimum atomic E-state index is -0.330. The number of carbonyl (C=O) groups is 1. The molecule has 2 aliphatic rings. The average molecular weight is 406 g/mol. The van der Waals surface area contributed by atoms with Crippen LogP contribution in [0.1, 0.15) is 62.3 Å². The van der Waals surface area contributed by atoms with Crippen LogP contribution in [-0.2, 0) is 11.2 Å². The van der Waals surface area contributed by atoms with Crippen LogP contribution in [0, 0.1) is 5.92 Å². The zero-order chi connectivity index (χ0) is 19.7. The molecule has 8 heteroatoms. The molecule has 1 aliphatic carbocycles. The molecule has 28 heavy (non-hydrogen) atoms. The molecular formula is C20H24ClN3O4. The second-order valence-electron chi connectivity index (χ2n) is 7.69. The first-order chi connectivity index (χ1) is 13.5. The lowest BCUT2D eigenvalue weighted by atomic mass is 10.0. The molecule has 1 unspecified atom stereocenters. The Morgan fingerprint density at radius 2 is 2.07 bits per heavy atom. The topological polar surface area (TPSA) is 86.5 Å². The van der Waals surface area contributed by atoms with Crippen LogP contribution in [0.3, 0.4) is 0 Å². The molecule has 4 rings (SSSR count). The number of carbonyl (C=O) groups excluding carboxylic acids is 1. The van der Waals surface area contributed by atoms with Crippen molar-refractivity contribution in [3.05, 3.63) is 34.4 Å². The smallest absolute Gasteiger partial charge is 0.249 e. The molecule has 0 spiro atoms. The van der Waals surface area contributed by atoms with Gasteiger partial charge in [0.25, 0.3) is 0 Å². The molecule has 2 heterocycles. The van der Waals surface area contributed by atoms with E-state index >= 15 is 0 Å². The first-order valence-electron chi connectivity index (χ1n) is 9.72. The van der Waals surface area contributed by atoms with Crippen molar-refractivity contribution >= 4 is 17.5 Å². The van der Waals surface area contributed by atoms with Crippen LogP contribution in [0.15, 0.2) is 16.7 Å². The fraction of sp³-hybridized carbons (Fsp3) is 0.550. The number of halogens is 1. The van der Waals surface area contributed by atoms with Gasteiger partial charge in [-0.25, -0.2) is 0 Å². The number of hydrogen-bond acceptors (Lipinski definition) is 6. The van der Waals surface area contributed by atoms with Gasteiger partial charge in [-0.05, 0) is 36.5 Å². The van der Waals surface area contributed by atoms with Crippen molar-refractivity contribution in [1.29, 1.82) is 0 Å². The number of fused-ring (bicyclic) bond motifs is 1. The summed E-state index contributed by atoms with van der Waals surface area (Å²) in [5.41, 5.74) is 0.762. The van der Waals surface area contributed by atoms with Gasteiger partial charge < -0.3 is 19.3 Å². The van der Waals surface area contributed by atoms with E-state index in [1.807, 2.05) is 19.9 Å². The monoisotopic (exact) mass is 405 g/mol. The number of benzene rings is 1. The normalized spacial score (nSPS) is 17.3. The van der Waals surface area contributed by atoms with E-state index in [0.717, 1.165) is 30.7 Å². The number of amides is 1. The summed E-state index contributed by atoms with van der Waals surface area (Å²) in [6.07, 6.45) is 3.16. The van der Waals surface area contributed by atoms with Gasteiger partial charge in [0.15, 0.2) is 17.3 Å². The van der Waals surface area contributed by atoms with Gasteiger partial charge in [-0.1, -0.05) is 30.6 Å². The first-order valence-corrected chi connectivity index (χ1v) is 10.1. The third-order valence-corrected chi connectivity index (χ3v) is 5.16. The summed E-state index contributed by atoms with van der Waals surface area (Å²) < 4.78 is 16.7. The van der Waals surface area contributed by atoms with Crippen LogP contribution < -0.4 is 14.8 Å². The van der Waals surface area contributed by atoms with Gasteiger partial charge in [-0.15, -0.1) is 0 Å². The Bertz CT molecular complexity index is 863. The summed E-state index contributed by atoms with van der Waals surface area (Å²) in [4.78, 5) is 17.2. The van der Waals surface area contributed by atoms with Crippen LogP contribution in [0.5, 0.6) is 11.5 Å². The second-order valence-corrected chi connectivity index (χ2v) is 8.09. The van der Waals surface area contributed by atoms with Gasteiger partial charge in [0.1, 0.15) is 6.04 Å². The van der Waals surface area contributed by atoms with Crippen molar-refractivity contribution in [2.45, 2.75) is 51.5 Å². The molecule has 0 bridgehead atoms. The molecule has 1 saturated carbocycles. The first kappa shape index (κ1) is 19.1. The van der Waals surface area contributed by atoms with Crippen molar-refractivity contribution in [2.24, 2.45) is 5.92 Å². The maximum absolute atomic E-state index is 12.7. The quantitative estimate of drug-likeness (QED) is 0.786. The van der Waals surface area contributed by atoms with Crippen LogP contribution in [0.25, 0.3) is 0 Å². The Hall–Kier alpha value is -2.28. The molecule has 150 valence electrons. The molecule has 0 saturated heterocycles. The Balaban J connectivity index is 1.46. The van der Waals surface area contributed by atoms with E-state index in [0.29, 0.717) is 41.5 Å². The van der Waals surface area contributed by atoms with Gasteiger partial charge in [-0.2, -0.15) is 4.98 Å². The molecule has 2 aromatic rings. The molecule has 7 nitrogen and oxygen atoms in total. The van der Waals surface area contributed by atoms with Gasteiger partial charge in [0.2, 0.25) is 11.8 Å². The summed E-state index contributed by atoms with van der Waals surface area (Å²) in [5, 5.41) is 7.52. The molecule has 1 aliphatic heterocycles. The summed E-state index contributed by atoms with van der Waals surface area (Å²) in [6.45, 7) is 5.15. The molecule has 0 radical (unpaired) electrons. The number of ether oxygens (including phenoxy) is 2. The van der Waals surface area contributed by atoms with Gasteiger partial charge in [0.05, 0.1) is 24.7 Å². The van der Waals surface area contributed by atoms with Crippen molar-refractivity contribution in [3.63, 3.8) is 0 Å². The van der Waals surface area contributed by atoms with E-state index in [1.54, 1.807) is 6.07 Å². The summed E-state index contributed by atoms with van der Waals surface area (Å²) in [6, 6.07) is 3.23. The fourth-order valence-electron chi connectivity index (χ4n) is 3.19. The number of nitrogens with zero attached hydrogens (tertiary/aromatic N) is 2. The zero-order valence-corrected chi connectivity index (χ0v) is 16.8. The van der Waals surface area contributed by atoms with Gasteiger partial charge in [-0.3, -0.25) is 4.79 Å². The standard InChI is InChI=1S/C20H24ClN3O4/c1-11(2)17(20-23-19(24-28-20)13-4-5-13)22-16(25)10-12-8-14(21)18-15(9-12)26-6-3-7-27-18/h8-9,11,13,17H,3-7,10H2,1-2H3,(H,22,25). The van der Waals surface area contributed by atoms with E-state index in [2.05, 4.69) is 15.5 Å². The maximum Gasteiger partial charge on any atom is 0.249 e. The number of nitrogens with one attached hydrogen (secondary N) is 1. The minimum Gasteiger partial charge on any atom is -0.489 e. The Morgan fingerprint density at radius 3 is 2.82 bits per heavy atom. The molecule has 1 N–H and O–H groups in total. The van der Waals surface area contributed by atoms with Crippen molar-refractivity contribution in [3.8, 4) is 11.5 Å². The molecule has 1 fully saturated rings. The number of aromatic nitrogens is 2. The third-order valence-electron chi connectivity index (χ3n) is 4.88. The van der Waals surface area contributed by atoms with E-state index < -0.39 is 0 Å². The average Bonchev–Trinajstić information content (AvgIpc) is 3.42. The highest BCUT2D eigenvalue weighted by molar-refractivity contribution is 6.32. The molecule has 1 amide bonds. The maximum atomic E-state index is 12.7. The zero-order valence-electron chi connectivity index (χ0n) is 16.0. The number of hydrogen-bond donors (Lipinski definition) is 1. The Kier molecular flexibility index (Phi) is 5.44. The highest BCUT2D eigenvalue weighted by Crippen LogP contribution is 2.39. The second kappa shape index (κ2) is 7.99. The summed E-state index contributed by atoms with van der Waals surface area (Å²) >= 11 is 6.32. The van der Waals surface area contributed by atoms with Gasteiger partial charge in [0, 0.05) is 12.3 Å². The van der Waals surface area contributed by atoms with E-state index in [1.165, 1.54) is 0 Å². The lowest BCUT2D eigenvalue weighted by molar-refractivity contribution is -0.121. The summed E-state index contributed by atoms with van der Waals surface area (Å²) in [7, 11) is 0. The third kappa shape index (κ3) is 4.24. The van der Waals surface area contributed by atoms with Crippen molar-refractivity contribution < 1.29 is 18.8 Å².